The molecule has 0 N–H and O–H groups in total. The summed E-state index contributed by atoms with van der Waals surface area (Å²) >= 11 is 0. The Morgan fingerprint density at radius 1 is 1.08 bits per heavy atom. The number of anilines is 1. The van der Waals surface area contributed by atoms with Gasteiger partial charge >= 0.3 is 6.36 Å². The Labute approximate surface area is 135 Å². The van der Waals surface area contributed by atoms with Gasteiger partial charge in [-0.15, -0.1) is 13.2 Å². The van der Waals surface area contributed by atoms with E-state index < -0.39 is 12.2 Å². The zero-order chi connectivity index (χ0) is 17.3. The van der Waals surface area contributed by atoms with Crippen molar-refractivity contribution >= 4 is 11.6 Å². The van der Waals surface area contributed by atoms with Crippen molar-refractivity contribution in [1.82, 2.24) is 0 Å². The molecule has 1 aliphatic heterocycles. The molecule has 1 saturated heterocycles. The molecule has 0 unspecified atom stereocenters. The van der Waals surface area contributed by atoms with Crippen molar-refractivity contribution in [2.24, 2.45) is 0 Å². The highest BCUT2D eigenvalue weighted by Crippen LogP contribution is 2.38. The molecule has 2 aromatic carbocycles. The summed E-state index contributed by atoms with van der Waals surface area (Å²) in [5, 5.41) is 0. The quantitative estimate of drug-likeness (QED) is 0.766. The zero-order valence-corrected chi connectivity index (χ0v) is 12.4. The van der Waals surface area contributed by atoms with Crippen LogP contribution < -0.4 is 9.64 Å². The summed E-state index contributed by atoms with van der Waals surface area (Å²) in [6.45, 7) is 0. The van der Waals surface area contributed by atoms with Crippen LogP contribution in [0, 0.1) is 5.82 Å². The molecule has 0 bridgehead atoms. The first-order valence-electron chi connectivity index (χ1n) is 7.27. The maximum Gasteiger partial charge on any atom is 0.573 e. The molecule has 3 nitrogen and oxygen atoms in total. The Bertz CT molecular complexity index is 743. The van der Waals surface area contributed by atoms with Crippen LogP contribution in [-0.2, 0) is 4.79 Å². The number of rotatable bonds is 3. The third-order valence-electron chi connectivity index (χ3n) is 3.79. The van der Waals surface area contributed by atoms with Crippen molar-refractivity contribution in [3.63, 3.8) is 0 Å². The molecule has 126 valence electrons. The minimum absolute atomic E-state index is 0.159. The van der Waals surface area contributed by atoms with Crippen LogP contribution in [0.25, 0.3) is 0 Å². The minimum Gasteiger partial charge on any atom is -0.406 e. The number of alkyl halides is 3. The van der Waals surface area contributed by atoms with Gasteiger partial charge in [-0.2, -0.15) is 0 Å². The Balaban J connectivity index is 1.87. The maximum absolute atomic E-state index is 13.4. The molecule has 1 fully saturated rings. The van der Waals surface area contributed by atoms with Gasteiger partial charge in [0, 0.05) is 12.1 Å². The van der Waals surface area contributed by atoms with Gasteiger partial charge in [-0.05, 0) is 48.4 Å². The summed E-state index contributed by atoms with van der Waals surface area (Å²) in [7, 11) is 0. The van der Waals surface area contributed by atoms with E-state index in [-0.39, 0.29) is 17.7 Å². The third kappa shape index (κ3) is 3.50. The average molecular weight is 339 g/mol. The van der Waals surface area contributed by atoms with E-state index in [1.165, 1.54) is 29.2 Å². The standard InChI is InChI=1S/C17H13F4NO2/c18-12-3-1-2-11(10-12)15-8-9-16(23)22(15)13-4-6-14(7-5-13)24-17(19,20)21/h1-7,10,15H,8-9H2/t15-/m0/s1. The molecule has 1 heterocycles. The number of benzene rings is 2. The monoisotopic (exact) mass is 339 g/mol. The summed E-state index contributed by atoms with van der Waals surface area (Å²) in [5.41, 5.74) is 1.10. The number of amides is 1. The fourth-order valence-corrected chi connectivity index (χ4v) is 2.85. The second-order valence-corrected chi connectivity index (χ2v) is 5.41. The lowest BCUT2D eigenvalue weighted by Crippen LogP contribution is -2.27. The van der Waals surface area contributed by atoms with E-state index >= 15 is 0 Å². The van der Waals surface area contributed by atoms with Crippen LogP contribution in [0.4, 0.5) is 23.2 Å². The Morgan fingerprint density at radius 2 is 1.79 bits per heavy atom. The molecule has 24 heavy (non-hydrogen) atoms. The molecular weight excluding hydrogens is 326 g/mol. The normalized spacial score (nSPS) is 18.1. The molecule has 0 aliphatic carbocycles. The highest BCUT2D eigenvalue weighted by Gasteiger charge is 2.34. The topological polar surface area (TPSA) is 29.5 Å². The van der Waals surface area contributed by atoms with Crippen LogP contribution >= 0.6 is 0 Å². The number of carbonyl (C=O) groups is 1. The van der Waals surface area contributed by atoms with Gasteiger partial charge in [0.25, 0.3) is 0 Å². The van der Waals surface area contributed by atoms with Crippen LogP contribution in [0.5, 0.6) is 5.75 Å². The van der Waals surface area contributed by atoms with Crippen molar-refractivity contribution < 1.29 is 27.1 Å². The maximum atomic E-state index is 13.4. The zero-order valence-electron chi connectivity index (χ0n) is 12.4. The molecule has 3 rings (SSSR count). The third-order valence-corrected chi connectivity index (χ3v) is 3.79. The smallest absolute Gasteiger partial charge is 0.406 e. The molecule has 2 aromatic rings. The number of ether oxygens (including phenoxy) is 1. The number of hydrogen-bond donors (Lipinski definition) is 0. The summed E-state index contributed by atoms with van der Waals surface area (Å²) in [4.78, 5) is 13.7. The van der Waals surface area contributed by atoms with E-state index in [1.807, 2.05) is 0 Å². The minimum atomic E-state index is -4.77. The van der Waals surface area contributed by atoms with Gasteiger partial charge in [0.05, 0.1) is 6.04 Å². The predicted molar refractivity (Wildman–Crippen MR) is 79.0 cm³/mol. The van der Waals surface area contributed by atoms with E-state index in [4.69, 9.17) is 0 Å². The molecule has 1 atom stereocenters. The first-order chi connectivity index (χ1) is 11.3. The largest absolute Gasteiger partial charge is 0.573 e. The van der Waals surface area contributed by atoms with E-state index in [1.54, 1.807) is 12.1 Å². The van der Waals surface area contributed by atoms with Crippen molar-refractivity contribution in [3.05, 3.63) is 59.9 Å². The van der Waals surface area contributed by atoms with Crippen molar-refractivity contribution in [2.45, 2.75) is 25.2 Å². The summed E-state index contributed by atoms with van der Waals surface area (Å²) in [6.07, 6.45) is -3.96. The summed E-state index contributed by atoms with van der Waals surface area (Å²) < 4.78 is 53.9. The van der Waals surface area contributed by atoms with E-state index in [9.17, 15) is 22.4 Å². The lowest BCUT2D eigenvalue weighted by atomic mass is 10.0. The van der Waals surface area contributed by atoms with Gasteiger partial charge in [0.15, 0.2) is 0 Å². The van der Waals surface area contributed by atoms with Crippen molar-refractivity contribution in [1.29, 1.82) is 0 Å². The lowest BCUT2D eigenvalue weighted by molar-refractivity contribution is -0.274. The van der Waals surface area contributed by atoms with Crippen LogP contribution in [0.2, 0.25) is 0 Å². The summed E-state index contributed by atoms with van der Waals surface area (Å²) in [6, 6.07) is 10.7. The number of nitrogens with zero attached hydrogens (tertiary/aromatic N) is 1. The highest BCUT2D eigenvalue weighted by atomic mass is 19.4. The highest BCUT2D eigenvalue weighted by molar-refractivity contribution is 5.96. The summed E-state index contributed by atoms with van der Waals surface area (Å²) in [5.74, 6) is -0.922. The Kier molecular flexibility index (Phi) is 4.17. The second kappa shape index (κ2) is 6.14. The van der Waals surface area contributed by atoms with Gasteiger partial charge in [-0.3, -0.25) is 4.79 Å². The van der Waals surface area contributed by atoms with Gasteiger partial charge in [0.2, 0.25) is 5.91 Å². The number of carbonyl (C=O) groups excluding carboxylic acids is 1. The van der Waals surface area contributed by atoms with Gasteiger partial charge in [-0.1, -0.05) is 12.1 Å². The average Bonchev–Trinajstić information content (AvgIpc) is 2.88. The number of halogens is 4. The van der Waals surface area contributed by atoms with Crippen LogP contribution in [0.3, 0.4) is 0 Å². The molecule has 0 spiro atoms. The molecule has 0 aromatic heterocycles. The molecule has 1 aliphatic rings. The molecular formula is C17H13F4NO2. The Morgan fingerprint density at radius 3 is 2.42 bits per heavy atom. The van der Waals surface area contributed by atoms with Crippen LogP contribution in [0.1, 0.15) is 24.4 Å². The van der Waals surface area contributed by atoms with Gasteiger partial charge in [-0.25, -0.2) is 4.39 Å². The van der Waals surface area contributed by atoms with Crippen LogP contribution in [0.15, 0.2) is 48.5 Å². The van der Waals surface area contributed by atoms with E-state index in [0.717, 1.165) is 12.1 Å². The fraction of sp³-hybridized carbons (Fsp3) is 0.235. The Hall–Kier alpha value is -2.57. The fourth-order valence-electron chi connectivity index (χ4n) is 2.85. The SMILES string of the molecule is O=C1CC[C@@H](c2cccc(F)c2)N1c1ccc(OC(F)(F)F)cc1. The lowest BCUT2D eigenvalue weighted by Gasteiger charge is -2.25. The van der Waals surface area contributed by atoms with Gasteiger partial charge < -0.3 is 9.64 Å². The van der Waals surface area contributed by atoms with E-state index in [0.29, 0.717) is 24.1 Å². The molecule has 1 amide bonds. The van der Waals surface area contributed by atoms with E-state index in [2.05, 4.69) is 4.74 Å². The molecule has 0 radical (unpaired) electrons. The first-order valence-corrected chi connectivity index (χ1v) is 7.27. The van der Waals surface area contributed by atoms with Crippen molar-refractivity contribution in [2.75, 3.05) is 4.90 Å². The molecule has 7 heteroatoms. The number of hydrogen-bond acceptors (Lipinski definition) is 2. The predicted octanol–water partition coefficient (Wildman–Crippen LogP) is 4.59. The second-order valence-electron chi connectivity index (χ2n) is 5.41. The van der Waals surface area contributed by atoms with Crippen molar-refractivity contribution in [3.8, 4) is 5.75 Å². The first kappa shape index (κ1) is 16.3. The molecule has 0 saturated carbocycles. The van der Waals surface area contributed by atoms with Crippen LogP contribution in [-0.4, -0.2) is 12.3 Å². The van der Waals surface area contributed by atoms with Gasteiger partial charge in [0.1, 0.15) is 11.6 Å².